The summed E-state index contributed by atoms with van der Waals surface area (Å²) in [6, 6.07) is 11.5. The molecule has 0 bridgehead atoms. The maximum Gasteiger partial charge on any atom is 0.226 e. The zero-order chi connectivity index (χ0) is 17.9. The number of hydrogen-bond donors (Lipinski definition) is 1. The maximum atomic E-state index is 12.3. The Balaban J connectivity index is 1.44. The van der Waals surface area contributed by atoms with Crippen LogP contribution in [0.3, 0.4) is 0 Å². The first kappa shape index (κ1) is 16.7. The van der Waals surface area contributed by atoms with Gasteiger partial charge in [-0.2, -0.15) is 0 Å². The molecule has 2 aromatic carbocycles. The van der Waals surface area contributed by atoms with Gasteiger partial charge in [0.2, 0.25) is 5.91 Å². The minimum absolute atomic E-state index is 0.0766. The van der Waals surface area contributed by atoms with Gasteiger partial charge in [0.1, 0.15) is 19.0 Å². The van der Waals surface area contributed by atoms with Crippen LogP contribution in [0.5, 0.6) is 17.2 Å². The normalized spacial score (nSPS) is 12.8. The Morgan fingerprint density at radius 1 is 1.23 bits per heavy atom. The first-order valence-electron chi connectivity index (χ1n) is 8.35. The molecule has 1 aromatic heterocycles. The number of nitrogens with one attached hydrogen (secondary N) is 1. The molecule has 0 fully saturated rings. The minimum atomic E-state index is -0.0766. The van der Waals surface area contributed by atoms with Crippen molar-refractivity contribution in [2.75, 3.05) is 25.6 Å². The highest BCUT2D eigenvalue weighted by Crippen LogP contribution is 2.37. The van der Waals surface area contributed by atoms with E-state index in [1.807, 2.05) is 36.4 Å². The molecule has 0 radical (unpaired) electrons. The second kappa shape index (κ2) is 7.21. The minimum Gasteiger partial charge on any atom is -0.496 e. The van der Waals surface area contributed by atoms with Crippen LogP contribution in [0.1, 0.15) is 12.0 Å². The molecular weight excluding hydrogens is 352 g/mol. The number of hydrogen-bond acceptors (Lipinski definition) is 6. The van der Waals surface area contributed by atoms with Gasteiger partial charge < -0.3 is 19.5 Å². The molecule has 0 saturated carbocycles. The summed E-state index contributed by atoms with van der Waals surface area (Å²) in [4.78, 5) is 16.8. The SMILES string of the molecule is COc1ccccc1CCC(=O)Nc1nc2cc3c(cc2s1)OCCO3. The summed E-state index contributed by atoms with van der Waals surface area (Å²) in [7, 11) is 1.63. The number of thiazole rings is 1. The van der Waals surface area contributed by atoms with Gasteiger partial charge in [0.15, 0.2) is 16.6 Å². The van der Waals surface area contributed by atoms with E-state index < -0.39 is 0 Å². The first-order chi connectivity index (χ1) is 12.7. The van der Waals surface area contributed by atoms with Gasteiger partial charge >= 0.3 is 0 Å². The zero-order valence-corrected chi connectivity index (χ0v) is 15.1. The Labute approximate surface area is 154 Å². The number of anilines is 1. The molecule has 6 nitrogen and oxygen atoms in total. The number of methoxy groups -OCH3 is 1. The van der Waals surface area contributed by atoms with Crippen LogP contribution in [0.4, 0.5) is 5.13 Å². The van der Waals surface area contributed by atoms with E-state index in [1.165, 1.54) is 11.3 Å². The quantitative estimate of drug-likeness (QED) is 0.742. The number of ether oxygens (including phenoxy) is 3. The number of carbonyl (C=O) groups excluding carboxylic acids is 1. The van der Waals surface area contributed by atoms with Crippen molar-refractivity contribution in [1.82, 2.24) is 4.98 Å². The van der Waals surface area contributed by atoms with Gasteiger partial charge in [-0.15, -0.1) is 0 Å². The lowest BCUT2D eigenvalue weighted by Crippen LogP contribution is -2.15. The van der Waals surface area contributed by atoms with Crippen molar-refractivity contribution >= 4 is 32.6 Å². The summed E-state index contributed by atoms with van der Waals surface area (Å²) in [5.74, 6) is 2.14. The van der Waals surface area contributed by atoms with Gasteiger partial charge in [-0.1, -0.05) is 29.5 Å². The van der Waals surface area contributed by atoms with E-state index in [2.05, 4.69) is 10.3 Å². The molecular formula is C19H18N2O4S. The average molecular weight is 370 g/mol. The molecule has 2 heterocycles. The van der Waals surface area contributed by atoms with Gasteiger partial charge in [0, 0.05) is 18.6 Å². The van der Waals surface area contributed by atoms with Crippen molar-refractivity contribution in [3.05, 3.63) is 42.0 Å². The summed E-state index contributed by atoms with van der Waals surface area (Å²) >= 11 is 1.42. The highest BCUT2D eigenvalue weighted by Gasteiger charge is 2.16. The molecule has 134 valence electrons. The third kappa shape index (κ3) is 3.43. The van der Waals surface area contributed by atoms with Gasteiger partial charge in [0.25, 0.3) is 0 Å². The van der Waals surface area contributed by atoms with Crippen LogP contribution >= 0.6 is 11.3 Å². The fourth-order valence-corrected chi connectivity index (χ4v) is 3.75. The summed E-state index contributed by atoms with van der Waals surface area (Å²) in [6.45, 7) is 1.08. The molecule has 1 aliphatic rings. The highest BCUT2D eigenvalue weighted by atomic mass is 32.1. The lowest BCUT2D eigenvalue weighted by molar-refractivity contribution is -0.116. The largest absolute Gasteiger partial charge is 0.496 e. The van der Waals surface area contributed by atoms with Crippen molar-refractivity contribution < 1.29 is 19.0 Å². The van der Waals surface area contributed by atoms with Gasteiger partial charge in [-0.25, -0.2) is 4.98 Å². The molecule has 26 heavy (non-hydrogen) atoms. The molecule has 0 saturated heterocycles. The number of nitrogens with zero attached hydrogens (tertiary/aromatic N) is 1. The zero-order valence-electron chi connectivity index (χ0n) is 14.3. The number of rotatable bonds is 5. The van der Waals surface area contributed by atoms with Crippen LogP contribution < -0.4 is 19.5 Å². The Morgan fingerprint density at radius 3 is 2.81 bits per heavy atom. The third-order valence-electron chi connectivity index (χ3n) is 4.11. The Kier molecular flexibility index (Phi) is 4.62. The van der Waals surface area contributed by atoms with Crippen LogP contribution in [0.25, 0.3) is 10.2 Å². The molecule has 1 aliphatic heterocycles. The maximum absolute atomic E-state index is 12.3. The molecule has 3 aromatic rings. The van der Waals surface area contributed by atoms with Crippen LogP contribution in [0, 0.1) is 0 Å². The summed E-state index contributed by atoms with van der Waals surface area (Å²) in [6.07, 6.45) is 0.968. The number of aromatic nitrogens is 1. The summed E-state index contributed by atoms with van der Waals surface area (Å²) in [5, 5.41) is 3.45. The fourth-order valence-electron chi connectivity index (χ4n) is 2.86. The van der Waals surface area contributed by atoms with Gasteiger partial charge in [-0.3, -0.25) is 4.79 Å². The number of aryl methyl sites for hydroxylation is 1. The standard InChI is InChI=1S/C19H18N2O4S/c1-23-14-5-3-2-4-12(14)6-7-18(22)21-19-20-13-10-15-16(11-17(13)26-19)25-9-8-24-15/h2-5,10-11H,6-9H2,1H3,(H,20,21,22). The molecule has 1 N–H and O–H groups in total. The molecule has 1 amide bonds. The van der Waals surface area contributed by atoms with E-state index in [-0.39, 0.29) is 5.91 Å². The second-order valence-corrected chi connectivity index (χ2v) is 6.87. The summed E-state index contributed by atoms with van der Waals surface area (Å²) < 4.78 is 17.4. The van der Waals surface area contributed by atoms with E-state index in [0.717, 1.165) is 27.3 Å². The van der Waals surface area contributed by atoms with Crippen molar-refractivity contribution in [3.8, 4) is 17.2 Å². The average Bonchev–Trinajstić information content (AvgIpc) is 3.05. The molecule has 0 spiro atoms. The molecule has 0 atom stereocenters. The van der Waals surface area contributed by atoms with Crippen LogP contribution in [-0.2, 0) is 11.2 Å². The van der Waals surface area contributed by atoms with Gasteiger partial charge in [-0.05, 0) is 18.1 Å². The lowest BCUT2D eigenvalue weighted by Gasteiger charge is -2.17. The van der Waals surface area contributed by atoms with Gasteiger partial charge in [0.05, 0.1) is 17.3 Å². The smallest absolute Gasteiger partial charge is 0.226 e. The van der Waals surface area contributed by atoms with E-state index in [9.17, 15) is 4.79 Å². The monoisotopic (exact) mass is 370 g/mol. The summed E-state index contributed by atoms with van der Waals surface area (Å²) in [5.41, 5.74) is 1.80. The predicted molar refractivity (Wildman–Crippen MR) is 101 cm³/mol. The predicted octanol–water partition coefficient (Wildman–Crippen LogP) is 3.65. The second-order valence-electron chi connectivity index (χ2n) is 5.84. The van der Waals surface area contributed by atoms with Crippen LogP contribution in [-0.4, -0.2) is 31.2 Å². The fraction of sp³-hybridized carbons (Fsp3) is 0.263. The van der Waals surface area contributed by atoms with Crippen molar-refractivity contribution in [2.45, 2.75) is 12.8 Å². The first-order valence-corrected chi connectivity index (χ1v) is 9.16. The van der Waals surface area contributed by atoms with E-state index in [0.29, 0.717) is 36.9 Å². The van der Waals surface area contributed by atoms with Crippen LogP contribution in [0.2, 0.25) is 0 Å². The van der Waals surface area contributed by atoms with Crippen molar-refractivity contribution in [1.29, 1.82) is 0 Å². The number of amides is 1. The highest BCUT2D eigenvalue weighted by molar-refractivity contribution is 7.22. The Bertz CT molecular complexity index is 911. The Hall–Kier alpha value is -2.80. The molecule has 7 heteroatoms. The van der Waals surface area contributed by atoms with E-state index in [4.69, 9.17) is 14.2 Å². The number of fused-ring (bicyclic) bond motifs is 2. The molecule has 0 unspecified atom stereocenters. The van der Waals surface area contributed by atoms with E-state index >= 15 is 0 Å². The Morgan fingerprint density at radius 2 is 2.00 bits per heavy atom. The van der Waals surface area contributed by atoms with Crippen LogP contribution in [0.15, 0.2) is 36.4 Å². The lowest BCUT2D eigenvalue weighted by atomic mass is 10.1. The molecule has 0 aliphatic carbocycles. The van der Waals surface area contributed by atoms with E-state index in [1.54, 1.807) is 7.11 Å². The van der Waals surface area contributed by atoms with Crippen molar-refractivity contribution in [3.63, 3.8) is 0 Å². The topological polar surface area (TPSA) is 69.7 Å². The van der Waals surface area contributed by atoms with Crippen molar-refractivity contribution in [2.24, 2.45) is 0 Å². The number of para-hydroxylation sites is 1. The number of carbonyl (C=O) groups is 1. The number of benzene rings is 2. The molecule has 4 rings (SSSR count). The third-order valence-corrected chi connectivity index (χ3v) is 5.05.